The maximum Gasteiger partial charge on any atom is 0.271 e. The molecule has 0 aromatic carbocycles. The van der Waals surface area contributed by atoms with Crippen molar-refractivity contribution in [1.29, 1.82) is 0 Å². The molecule has 3 bridgehead atoms. The van der Waals surface area contributed by atoms with Crippen molar-refractivity contribution < 1.29 is 14.7 Å². The molecule has 4 unspecified atom stereocenters. The average molecular weight is 425 g/mol. The van der Waals surface area contributed by atoms with Crippen molar-refractivity contribution in [3.8, 4) is 0 Å². The highest BCUT2D eigenvalue weighted by Gasteiger charge is 2.51. The van der Waals surface area contributed by atoms with Gasteiger partial charge in [0.25, 0.3) is 11.8 Å². The molecule has 0 saturated heterocycles. The Morgan fingerprint density at radius 3 is 2.87 bits per heavy atom. The summed E-state index contributed by atoms with van der Waals surface area (Å²) in [6.07, 6.45) is 11.4. The number of carbonyl (C=O) groups excluding carboxylic acids is 2. The number of amides is 2. The van der Waals surface area contributed by atoms with Crippen LogP contribution in [0.2, 0.25) is 0 Å². The molecule has 3 saturated carbocycles. The van der Waals surface area contributed by atoms with E-state index in [-0.39, 0.29) is 29.5 Å². The topological polar surface area (TPSA) is 95.7 Å². The summed E-state index contributed by atoms with van der Waals surface area (Å²) < 4.78 is 1.70. The molecule has 2 amide bonds. The van der Waals surface area contributed by atoms with E-state index in [4.69, 9.17) is 5.11 Å². The number of nitrogens with zero attached hydrogens (tertiary/aromatic N) is 2. The molecule has 2 aromatic rings. The molecule has 3 aliphatic rings. The number of pyridine rings is 1. The lowest BCUT2D eigenvalue weighted by Crippen LogP contribution is -2.39. The van der Waals surface area contributed by atoms with Gasteiger partial charge in [0.1, 0.15) is 17.0 Å². The zero-order valence-corrected chi connectivity index (χ0v) is 18.0. The molecule has 3 fully saturated rings. The molecule has 2 heterocycles. The van der Waals surface area contributed by atoms with Crippen LogP contribution in [0, 0.1) is 23.2 Å². The highest BCUT2D eigenvalue weighted by molar-refractivity contribution is 5.95. The van der Waals surface area contributed by atoms with Crippen molar-refractivity contribution in [3.05, 3.63) is 35.8 Å². The smallest absolute Gasteiger partial charge is 0.271 e. The Hall–Kier alpha value is -2.41. The first-order valence-electron chi connectivity index (χ1n) is 11.7. The number of rotatable bonds is 7. The van der Waals surface area contributed by atoms with Crippen LogP contribution in [-0.2, 0) is 0 Å². The van der Waals surface area contributed by atoms with Gasteiger partial charge in [-0.05, 0) is 67.4 Å². The molecular formula is C24H32N4O3. The van der Waals surface area contributed by atoms with Crippen LogP contribution < -0.4 is 10.6 Å². The van der Waals surface area contributed by atoms with Gasteiger partial charge in [-0.15, -0.1) is 0 Å². The number of carbonyl (C=O) groups is 2. The molecule has 0 spiro atoms. The number of imidazole rings is 1. The van der Waals surface area contributed by atoms with Crippen LogP contribution in [-0.4, -0.2) is 46.0 Å². The molecule has 4 atom stereocenters. The standard InChI is InChI=1S/C24H32N4O3/c29-9-3-8-25-22(30)19-14-28-20(6-2-7-21(28)27-19)23(31)26-15-24-11-16-4-1-5-17(12-24)18(10-16)13-24/h2,6-7,14,16-18,29H,1,3-5,8-13,15H2,(H,25,30)(H,26,31). The van der Waals surface area contributed by atoms with Crippen molar-refractivity contribution in [2.75, 3.05) is 19.7 Å². The zero-order chi connectivity index (χ0) is 21.4. The van der Waals surface area contributed by atoms with Gasteiger partial charge in [0.15, 0.2) is 0 Å². The molecule has 0 radical (unpaired) electrons. The van der Waals surface area contributed by atoms with Gasteiger partial charge in [-0.1, -0.05) is 25.3 Å². The summed E-state index contributed by atoms with van der Waals surface area (Å²) in [5.74, 6) is 2.15. The van der Waals surface area contributed by atoms with Crippen molar-refractivity contribution in [2.24, 2.45) is 23.2 Å². The molecule has 166 valence electrons. The largest absolute Gasteiger partial charge is 0.396 e. The van der Waals surface area contributed by atoms with E-state index in [1.54, 1.807) is 28.8 Å². The molecule has 2 aromatic heterocycles. The summed E-state index contributed by atoms with van der Waals surface area (Å²) in [6.45, 7) is 1.16. The van der Waals surface area contributed by atoms with Crippen LogP contribution in [0.25, 0.3) is 5.65 Å². The van der Waals surface area contributed by atoms with Crippen molar-refractivity contribution in [2.45, 2.75) is 51.4 Å². The molecule has 31 heavy (non-hydrogen) atoms. The summed E-state index contributed by atoms with van der Waals surface area (Å²) in [4.78, 5) is 29.8. The Morgan fingerprint density at radius 1 is 1.13 bits per heavy atom. The van der Waals surface area contributed by atoms with E-state index in [0.29, 0.717) is 24.3 Å². The SMILES string of the molecule is O=C(NCCCO)c1cn2c(C(=O)NCC34CC5CCCC(C3)C(C5)C4)cccc2n1. The first-order valence-corrected chi connectivity index (χ1v) is 11.7. The van der Waals surface area contributed by atoms with Gasteiger partial charge in [0.05, 0.1) is 0 Å². The minimum absolute atomic E-state index is 0.0273. The number of hydrogen-bond donors (Lipinski definition) is 3. The Kier molecular flexibility index (Phi) is 5.46. The van der Waals surface area contributed by atoms with Crippen molar-refractivity contribution in [1.82, 2.24) is 20.0 Å². The second-order valence-corrected chi connectivity index (χ2v) is 9.95. The lowest BCUT2D eigenvalue weighted by Gasteiger charge is -2.38. The van der Waals surface area contributed by atoms with Gasteiger partial charge in [-0.2, -0.15) is 0 Å². The van der Waals surface area contributed by atoms with Gasteiger partial charge in [0.2, 0.25) is 0 Å². The first-order chi connectivity index (χ1) is 15.1. The van der Waals surface area contributed by atoms with Gasteiger partial charge < -0.3 is 15.7 Å². The Balaban J connectivity index is 1.29. The average Bonchev–Trinajstić information content (AvgIpc) is 3.26. The number of aliphatic hydroxyl groups is 1. The maximum atomic E-state index is 13.1. The summed E-state index contributed by atoms with van der Waals surface area (Å²) in [5, 5.41) is 14.8. The number of fused-ring (bicyclic) bond motifs is 3. The Labute approximate surface area is 182 Å². The fourth-order valence-electron chi connectivity index (χ4n) is 6.57. The zero-order valence-electron chi connectivity index (χ0n) is 18.0. The van der Waals surface area contributed by atoms with E-state index in [1.807, 2.05) is 0 Å². The van der Waals surface area contributed by atoms with Crippen LogP contribution in [0.5, 0.6) is 0 Å². The predicted molar refractivity (Wildman–Crippen MR) is 117 cm³/mol. The minimum atomic E-state index is -0.298. The van der Waals surface area contributed by atoms with Crippen molar-refractivity contribution >= 4 is 17.5 Å². The summed E-state index contributed by atoms with van der Waals surface area (Å²) in [5.41, 5.74) is 1.62. The van der Waals surface area contributed by atoms with Crippen molar-refractivity contribution in [3.63, 3.8) is 0 Å². The molecule has 0 aliphatic heterocycles. The van der Waals surface area contributed by atoms with Gasteiger partial charge in [-0.25, -0.2) is 4.98 Å². The minimum Gasteiger partial charge on any atom is -0.396 e. The molecular weight excluding hydrogens is 392 g/mol. The maximum absolute atomic E-state index is 13.1. The van der Waals surface area contributed by atoms with E-state index >= 15 is 0 Å². The van der Waals surface area contributed by atoms with Crippen LogP contribution in [0.15, 0.2) is 24.4 Å². The molecule has 3 aliphatic carbocycles. The third-order valence-corrected chi connectivity index (χ3v) is 7.80. The second-order valence-electron chi connectivity index (χ2n) is 9.95. The number of aromatic nitrogens is 2. The van der Waals surface area contributed by atoms with Gasteiger partial charge >= 0.3 is 0 Å². The molecule has 5 rings (SSSR count). The third-order valence-electron chi connectivity index (χ3n) is 7.80. The normalized spacial score (nSPS) is 29.1. The van der Waals surface area contributed by atoms with Crippen LogP contribution >= 0.6 is 0 Å². The van der Waals surface area contributed by atoms with E-state index in [9.17, 15) is 9.59 Å². The molecule has 3 N–H and O–H groups in total. The monoisotopic (exact) mass is 424 g/mol. The fraction of sp³-hybridized carbons (Fsp3) is 0.625. The van der Waals surface area contributed by atoms with Gasteiger partial charge in [-0.3, -0.25) is 14.0 Å². The predicted octanol–water partition coefficient (Wildman–Crippen LogP) is 2.78. The summed E-state index contributed by atoms with van der Waals surface area (Å²) in [7, 11) is 0. The molecule has 7 nitrogen and oxygen atoms in total. The highest BCUT2D eigenvalue weighted by Crippen LogP contribution is 2.59. The third kappa shape index (κ3) is 3.95. The highest BCUT2D eigenvalue weighted by atomic mass is 16.3. The number of aliphatic hydroxyl groups excluding tert-OH is 1. The number of nitrogens with one attached hydrogen (secondary N) is 2. The number of hydrogen-bond acceptors (Lipinski definition) is 4. The second kappa shape index (κ2) is 8.26. The van der Waals surface area contributed by atoms with E-state index in [0.717, 1.165) is 24.3 Å². The van der Waals surface area contributed by atoms with Gasteiger partial charge in [0, 0.05) is 25.9 Å². The Morgan fingerprint density at radius 2 is 2.00 bits per heavy atom. The van der Waals surface area contributed by atoms with E-state index in [2.05, 4.69) is 15.6 Å². The summed E-state index contributed by atoms with van der Waals surface area (Å²) >= 11 is 0. The quantitative estimate of drug-likeness (QED) is 0.596. The lowest BCUT2D eigenvalue weighted by atomic mass is 9.69. The fourth-order valence-corrected chi connectivity index (χ4v) is 6.57. The van der Waals surface area contributed by atoms with Crippen LogP contribution in [0.1, 0.15) is 72.3 Å². The van der Waals surface area contributed by atoms with Crippen LogP contribution in [0.3, 0.4) is 0 Å². The van der Waals surface area contributed by atoms with Crippen LogP contribution in [0.4, 0.5) is 0 Å². The molecule has 7 heteroatoms. The Bertz CT molecular complexity index is 982. The van der Waals surface area contributed by atoms with E-state index < -0.39 is 0 Å². The summed E-state index contributed by atoms with van der Waals surface area (Å²) in [6, 6.07) is 5.38. The van der Waals surface area contributed by atoms with E-state index in [1.165, 1.54) is 44.9 Å². The lowest BCUT2D eigenvalue weighted by molar-refractivity contribution is 0.0883. The first kappa shape index (κ1) is 20.5.